The van der Waals surface area contributed by atoms with E-state index >= 15 is 0 Å². The molecule has 0 atom stereocenters. The number of hydrogen-bond donors (Lipinski definition) is 0. The minimum absolute atomic E-state index is 0.111. The predicted octanol–water partition coefficient (Wildman–Crippen LogP) is 7.72. The lowest BCUT2D eigenvalue weighted by molar-refractivity contribution is -0.153. The number of esters is 1. The fourth-order valence-corrected chi connectivity index (χ4v) is 2.31. The van der Waals surface area contributed by atoms with Gasteiger partial charge in [0.25, 0.3) is 0 Å². The van der Waals surface area contributed by atoms with Crippen LogP contribution in [0.3, 0.4) is 0 Å². The van der Waals surface area contributed by atoms with Crippen LogP contribution in [0, 0.1) is 5.41 Å². The van der Waals surface area contributed by atoms with E-state index in [1.807, 2.05) is 20.8 Å². The third kappa shape index (κ3) is 19.0. The summed E-state index contributed by atoms with van der Waals surface area (Å²) < 4.78 is 5.25. The lowest BCUT2D eigenvalue weighted by Gasteiger charge is -2.16. The Morgan fingerprint density at radius 3 is 1.59 bits per heavy atom. The standard InChI is InChI=1S/C25H42O2/c1-5-6-7-8-9-10-11-12-13-14-15-16-17-18-19-20-21-22-23-27-24(26)25(2,3)4/h9-10,12-13,15-16,18-19H,5-8,11,14,17,20-23H2,1-4H3/b10-9-,13-12-,16-15-,19-18-. The molecule has 0 aliphatic heterocycles. The third-order valence-electron chi connectivity index (χ3n) is 4.07. The minimum atomic E-state index is -0.396. The number of rotatable bonds is 15. The maximum absolute atomic E-state index is 11.6. The highest BCUT2D eigenvalue weighted by atomic mass is 16.5. The molecule has 0 aliphatic carbocycles. The quantitative estimate of drug-likeness (QED) is 0.166. The van der Waals surface area contributed by atoms with Crippen LogP contribution >= 0.6 is 0 Å². The molecule has 0 saturated heterocycles. The Morgan fingerprint density at radius 1 is 0.704 bits per heavy atom. The first-order chi connectivity index (χ1) is 13.0. The highest BCUT2D eigenvalue weighted by Crippen LogP contribution is 2.15. The van der Waals surface area contributed by atoms with Crippen molar-refractivity contribution in [1.82, 2.24) is 0 Å². The number of carbonyl (C=O) groups excluding carboxylic acids is 1. The van der Waals surface area contributed by atoms with Crippen molar-refractivity contribution in [3.63, 3.8) is 0 Å². The Balaban J connectivity index is 3.48. The van der Waals surface area contributed by atoms with Crippen LogP contribution in [0.15, 0.2) is 48.6 Å². The summed E-state index contributed by atoms with van der Waals surface area (Å²) >= 11 is 0. The molecule has 0 aromatic carbocycles. The second kappa shape index (κ2) is 17.8. The average Bonchev–Trinajstić information content (AvgIpc) is 2.62. The lowest BCUT2D eigenvalue weighted by atomic mass is 9.97. The zero-order chi connectivity index (χ0) is 20.2. The van der Waals surface area contributed by atoms with Gasteiger partial charge in [-0.3, -0.25) is 4.79 Å². The van der Waals surface area contributed by atoms with E-state index in [0.717, 1.165) is 38.5 Å². The van der Waals surface area contributed by atoms with Crippen LogP contribution in [0.25, 0.3) is 0 Å². The van der Waals surface area contributed by atoms with E-state index in [1.54, 1.807) is 0 Å². The topological polar surface area (TPSA) is 26.3 Å². The minimum Gasteiger partial charge on any atom is -0.465 e. The van der Waals surface area contributed by atoms with Gasteiger partial charge in [-0.05, 0) is 72.1 Å². The van der Waals surface area contributed by atoms with Gasteiger partial charge in [-0.15, -0.1) is 0 Å². The highest BCUT2D eigenvalue weighted by Gasteiger charge is 2.22. The number of ether oxygens (including phenoxy) is 1. The van der Waals surface area contributed by atoms with Crippen LogP contribution in [0.1, 0.15) is 91.9 Å². The van der Waals surface area contributed by atoms with Gasteiger partial charge in [0.15, 0.2) is 0 Å². The molecule has 0 heterocycles. The Labute approximate surface area is 168 Å². The van der Waals surface area contributed by atoms with Crippen molar-refractivity contribution in [1.29, 1.82) is 0 Å². The molecule has 0 N–H and O–H groups in total. The molecule has 0 spiro atoms. The largest absolute Gasteiger partial charge is 0.465 e. The van der Waals surface area contributed by atoms with Crippen molar-refractivity contribution in [2.75, 3.05) is 6.61 Å². The predicted molar refractivity (Wildman–Crippen MR) is 119 cm³/mol. The summed E-state index contributed by atoms with van der Waals surface area (Å²) in [6.07, 6.45) is 29.2. The SMILES string of the molecule is CCCCC/C=C\C/C=C\C/C=C\C/C=C\CCCCOC(=O)C(C)(C)C. The Bertz CT molecular complexity index is 461. The van der Waals surface area contributed by atoms with Gasteiger partial charge in [-0.1, -0.05) is 68.4 Å². The van der Waals surface area contributed by atoms with Crippen molar-refractivity contribution in [3.8, 4) is 0 Å². The van der Waals surface area contributed by atoms with Gasteiger partial charge in [0.05, 0.1) is 12.0 Å². The van der Waals surface area contributed by atoms with Crippen molar-refractivity contribution in [2.24, 2.45) is 5.41 Å². The second-order valence-electron chi connectivity index (χ2n) is 7.97. The molecule has 0 fully saturated rings. The zero-order valence-corrected chi connectivity index (χ0v) is 18.2. The summed E-state index contributed by atoms with van der Waals surface area (Å²) in [6, 6.07) is 0. The van der Waals surface area contributed by atoms with E-state index in [4.69, 9.17) is 4.74 Å². The molecule has 0 aromatic heterocycles. The zero-order valence-electron chi connectivity index (χ0n) is 18.2. The summed E-state index contributed by atoms with van der Waals surface area (Å²) in [5.74, 6) is -0.111. The molecule has 0 radical (unpaired) electrons. The molecular formula is C25H42O2. The maximum Gasteiger partial charge on any atom is 0.311 e. The van der Waals surface area contributed by atoms with Gasteiger partial charge >= 0.3 is 5.97 Å². The fraction of sp³-hybridized carbons (Fsp3) is 0.640. The van der Waals surface area contributed by atoms with Gasteiger partial charge < -0.3 is 4.74 Å². The van der Waals surface area contributed by atoms with Crippen LogP contribution in [-0.2, 0) is 9.53 Å². The van der Waals surface area contributed by atoms with Crippen LogP contribution in [0.2, 0.25) is 0 Å². The van der Waals surface area contributed by atoms with Crippen molar-refractivity contribution >= 4 is 5.97 Å². The first-order valence-electron chi connectivity index (χ1n) is 10.8. The first kappa shape index (κ1) is 25.4. The molecule has 0 unspecified atom stereocenters. The van der Waals surface area contributed by atoms with E-state index in [-0.39, 0.29) is 5.97 Å². The molecule has 2 nitrogen and oxygen atoms in total. The highest BCUT2D eigenvalue weighted by molar-refractivity contribution is 5.75. The van der Waals surface area contributed by atoms with Gasteiger partial charge in [-0.25, -0.2) is 0 Å². The molecular weight excluding hydrogens is 332 g/mol. The molecule has 0 rings (SSSR count). The number of hydrogen-bond acceptors (Lipinski definition) is 2. The monoisotopic (exact) mass is 374 g/mol. The van der Waals surface area contributed by atoms with Crippen LogP contribution in [0.5, 0.6) is 0 Å². The smallest absolute Gasteiger partial charge is 0.311 e. The summed E-state index contributed by atoms with van der Waals surface area (Å²) in [5.41, 5.74) is -0.396. The van der Waals surface area contributed by atoms with Gasteiger partial charge in [0.1, 0.15) is 0 Å². The Morgan fingerprint density at radius 2 is 1.15 bits per heavy atom. The second-order valence-corrected chi connectivity index (χ2v) is 7.97. The summed E-state index contributed by atoms with van der Waals surface area (Å²) in [5, 5.41) is 0. The van der Waals surface area contributed by atoms with Gasteiger partial charge in [-0.2, -0.15) is 0 Å². The van der Waals surface area contributed by atoms with Crippen LogP contribution in [0.4, 0.5) is 0 Å². The molecule has 0 amide bonds. The van der Waals surface area contributed by atoms with Crippen LogP contribution < -0.4 is 0 Å². The van der Waals surface area contributed by atoms with Crippen molar-refractivity contribution in [3.05, 3.63) is 48.6 Å². The first-order valence-corrected chi connectivity index (χ1v) is 10.8. The normalized spacial score (nSPS) is 12.9. The molecule has 154 valence electrons. The molecule has 2 heteroatoms. The van der Waals surface area contributed by atoms with Gasteiger partial charge in [0.2, 0.25) is 0 Å². The fourth-order valence-electron chi connectivity index (χ4n) is 2.31. The number of allylic oxidation sites excluding steroid dienone is 8. The van der Waals surface area contributed by atoms with E-state index in [2.05, 4.69) is 55.5 Å². The van der Waals surface area contributed by atoms with Crippen LogP contribution in [-0.4, -0.2) is 12.6 Å². The third-order valence-corrected chi connectivity index (χ3v) is 4.07. The Hall–Kier alpha value is -1.57. The molecule has 0 bridgehead atoms. The average molecular weight is 375 g/mol. The summed E-state index contributed by atoms with van der Waals surface area (Å²) in [7, 11) is 0. The molecule has 0 saturated carbocycles. The summed E-state index contributed by atoms with van der Waals surface area (Å²) in [6.45, 7) is 8.42. The molecule has 0 aliphatic rings. The lowest BCUT2D eigenvalue weighted by Crippen LogP contribution is -2.23. The van der Waals surface area contributed by atoms with E-state index in [0.29, 0.717) is 6.61 Å². The number of unbranched alkanes of at least 4 members (excludes halogenated alkanes) is 5. The van der Waals surface area contributed by atoms with E-state index in [9.17, 15) is 4.79 Å². The van der Waals surface area contributed by atoms with Crippen molar-refractivity contribution in [2.45, 2.75) is 91.9 Å². The van der Waals surface area contributed by atoms with Gasteiger partial charge in [0, 0.05) is 0 Å². The molecule has 27 heavy (non-hydrogen) atoms. The van der Waals surface area contributed by atoms with Crippen molar-refractivity contribution < 1.29 is 9.53 Å². The molecule has 0 aromatic rings. The number of carbonyl (C=O) groups is 1. The van der Waals surface area contributed by atoms with E-state index < -0.39 is 5.41 Å². The summed E-state index contributed by atoms with van der Waals surface area (Å²) in [4.78, 5) is 11.6. The maximum atomic E-state index is 11.6. The van der Waals surface area contributed by atoms with E-state index in [1.165, 1.54) is 25.7 Å². The Kier molecular flexibility index (Phi) is 16.8.